The Bertz CT molecular complexity index is 279. The van der Waals surface area contributed by atoms with Crippen LogP contribution >= 0.6 is 0 Å². The fraction of sp³-hybridized carbons (Fsp3) is 0.556. The lowest BCUT2D eigenvalue weighted by atomic mass is 10.5. The Hall–Kier alpha value is -1.36. The van der Waals surface area contributed by atoms with Crippen molar-refractivity contribution in [3.8, 4) is 6.01 Å². The van der Waals surface area contributed by atoms with Crippen molar-refractivity contribution in [2.24, 2.45) is 0 Å². The highest BCUT2D eigenvalue weighted by Gasteiger charge is 1.98. The molecule has 0 aromatic carbocycles. The second-order valence-corrected chi connectivity index (χ2v) is 3.03. The third-order valence-electron chi connectivity index (χ3n) is 1.42. The highest BCUT2D eigenvalue weighted by atomic mass is 16.5. The average Bonchev–Trinajstić information content (AvgIpc) is 2.12. The number of nitrogens with zero attached hydrogens (tertiary/aromatic N) is 2. The van der Waals surface area contributed by atoms with Crippen LogP contribution in [0.15, 0.2) is 12.3 Å². The van der Waals surface area contributed by atoms with Crippen LogP contribution in [0, 0.1) is 0 Å². The minimum Gasteiger partial charge on any atom is -0.461 e. The molecule has 1 heterocycles. The van der Waals surface area contributed by atoms with Crippen LogP contribution in [-0.2, 0) is 4.74 Å². The van der Waals surface area contributed by atoms with Crippen LogP contribution in [0.5, 0.6) is 6.01 Å². The summed E-state index contributed by atoms with van der Waals surface area (Å²) in [5.74, 6) is 0.403. The molecule has 0 amide bonds. The molecule has 0 atom stereocenters. The van der Waals surface area contributed by atoms with Crippen molar-refractivity contribution >= 4 is 5.82 Å². The summed E-state index contributed by atoms with van der Waals surface area (Å²) in [4.78, 5) is 7.77. The van der Waals surface area contributed by atoms with Gasteiger partial charge in [0.2, 0.25) is 0 Å². The summed E-state index contributed by atoms with van der Waals surface area (Å²) >= 11 is 0. The normalized spacial score (nSPS) is 10.5. The minimum atomic E-state index is 0.209. The van der Waals surface area contributed by atoms with Crippen molar-refractivity contribution in [2.45, 2.75) is 20.0 Å². The van der Waals surface area contributed by atoms with E-state index in [1.54, 1.807) is 12.3 Å². The van der Waals surface area contributed by atoms with Gasteiger partial charge in [-0.15, -0.1) is 0 Å². The fourth-order valence-corrected chi connectivity index (χ4v) is 0.840. The molecule has 5 heteroatoms. The molecule has 14 heavy (non-hydrogen) atoms. The molecule has 0 aliphatic rings. The van der Waals surface area contributed by atoms with E-state index in [1.807, 2.05) is 13.8 Å². The molecule has 0 bridgehead atoms. The maximum absolute atomic E-state index is 5.45. The Balaban J connectivity index is 2.25. The smallest absolute Gasteiger partial charge is 0.318 e. The summed E-state index contributed by atoms with van der Waals surface area (Å²) in [5, 5.41) is 0. The van der Waals surface area contributed by atoms with Crippen LogP contribution in [0.3, 0.4) is 0 Å². The quantitative estimate of drug-likeness (QED) is 0.709. The van der Waals surface area contributed by atoms with Crippen LogP contribution in [0.4, 0.5) is 5.82 Å². The number of nitrogens with two attached hydrogens (primary N) is 1. The molecule has 0 spiro atoms. The molecule has 1 aromatic heterocycles. The van der Waals surface area contributed by atoms with Gasteiger partial charge in [-0.2, -0.15) is 4.98 Å². The Labute approximate surface area is 83.3 Å². The molecule has 0 saturated heterocycles. The highest BCUT2D eigenvalue weighted by Crippen LogP contribution is 2.03. The average molecular weight is 197 g/mol. The molecule has 1 rings (SSSR count). The van der Waals surface area contributed by atoms with E-state index < -0.39 is 0 Å². The Kier molecular flexibility index (Phi) is 4.12. The molecule has 0 aliphatic heterocycles. The summed E-state index contributed by atoms with van der Waals surface area (Å²) in [5.41, 5.74) is 5.45. The lowest BCUT2D eigenvalue weighted by molar-refractivity contribution is 0.0531. The van der Waals surface area contributed by atoms with Crippen molar-refractivity contribution in [3.63, 3.8) is 0 Å². The number of ether oxygens (including phenoxy) is 2. The van der Waals surface area contributed by atoms with Crippen LogP contribution in [0.2, 0.25) is 0 Å². The number of nitrogen functional groups attached to an aromatic ring is 1. The molecule has 78 valence electrons. The van der Waals surface area contributed by atoms with Crippen molar-refractivity contribution in [1.29, 1.82) is 0 Å². The van der Waals surface area contributed by atoms with Gasteiger partial charge in [-0.05, 0) is 19.9 Å². The van der Waals surface area contributed by atoms with Gasteiger partial charge in [-0.25, -0.2) is 4.98 Å². The molecule has 2 N–H and O–H groups in total. The molecule has 5 nitrogen and oxygen atoms in total. The Morgan fingerprint density at radius 3 is 2.86 bits per heavy atom. The monoisotopic (exact) mass is 197 g/mol. The first-order valence-electron chi connectivity index (χ1n) is 4.51. The molecule has 1 aromatic rings. The Morgan fingerprint density at radius 1 is 1.43 bits per heavy atom. The van der Waals surface area contributed by atoms with Gasteiger partial charge < -0.3 is 15.2 Å². The van der Waals surface area contributed by atoms with Gasteiger partial charge in [-0.1, -0.05) is 0 Å². The molecule has 0 radical (unpaired) electrons. The maximum Gasteiger partial charge on any atom is 0.318 e. The van der Waals surface area contributed by atoms with Gasteiger partial charge >= 0.3 is 6.01 Å². The molecular weight excluding hydrogens is 182 g/mol. The maximum atomic E-state index is 5.45. The summed E-state index contributed by atoms with van der Waals surface area (Å²) < 4.78 is 10.5. The summed E-state index contributed by atoms with van der Waals surface area (Å²) in [6.07, 6.45) is 1.77. The van der Waals surface area contributed by atoms with Crippen molar-refractivity contribution < 1.29 is 9.47 Å². The predicted molar refractivity (Wildman–Crippen MR) is 53.0 cm³/mol. The summed E-state index contributed by atoms with van der Waals surface area (Å²) in [6.45, 7) is 4.89. The zero-order chi connectivity index (χ0) is 10.4. The van der Waals surface area contributed by atoms with Crippen LogP contribution in [0.1, 0.15) is 13.8 Å². The zero-order valence-corrected chi connectivity index (χ0v) is 8.43. The first kappa shape index (κ1) is 10.7. The third-order valence-corrected chi connectivity index (χ3v) is 1.42. The third kappa shape index (κ3) is 4.04. The summed E-state index contributed by atoms with van der Waals surface area (Å²) in [7, 11) is 0. The lowest BCUT2D eigenvalue weighted by Crippen LogP contribution is -2.12. The van der Waals surface area contributed by atoms with Gasteiger partial charge in [0.1, 0.15) is 12.4 Å². The van der Waals surface area contributed by atoms with Gasteiger partial charge in [0.25, 0.3) is 0 Å². The van der Waals surface area contributed by atoms with Gasteiger partial charge in [0.05, 0.1) is 12.7 Å². The van der Waals surface area contributed by atoms with Crippen LogP contribution in [-0.4, -0.2) is 29.3 Å². The topological polar surface area (TPSA) is 70.3 Å². The van der Waals surface area contributed by atoms with Crippen molar-refractivity contribution in [3.05, 3.63) is 12.3 Å². The van der Waals surface area contributed by atoms with Crippen molar-refractivity contribution in [1.82, 2.24) is 9.97 Å². The molecule has 0 saturated carbocycles. The van der Waals surface area contributed by atoms with E-state index in [1.165, 1.54) is 0 Å². The number of hydrogen-bond acceptors (Lipinski definition) is 5. The SMILES string of the molecule is CC(C)OCCOc1nccc(N)n1. The first-order valence-corrected chi connectivity index (χ1v) is 4.51. The largest absolute Gasteiger partial charge is 0.461 e. The van der Waals surface area contributed by atoms with E-state index in [0.717, 1.165) is 0 Å². The molecule has 0 fully saturated rings. The second kappa shape index (κ2) is 5.39. The molecule has 0 aliphatic carbocycles. The number of anilines is 1. The van der Waals surface area contributed by atoms with E-state index in [4.69, 9.17) is 15.2 Å². The van der Waals surface area contributed by atoms with Crippen LogP contribution in [0.25, 0.3) is 0 Å². The molecule has 0 unspecified atom stereocenters. The first-order chi connectivity index (χ1) is 6.68. The lowest BCUT2D eigenvalue weighted by Gasteiger charge is -2.07. The van der Waals surface area contributed by atoms with E-state index in [2.05, 4.69) is 9.97 Å². The standard InChI is InChI=1S/C9H15N3O2/c1-7(2)13-5-6-14-9-11-4-3-8(10)12-9/h3-4,7H,5-6H2,1-2H3,(H2,10,11,12). The van der Waals surface area contributed by atoms with Gasteiger partial charge in [0, 0.05) is 6.20 Å². The minimum absolute atomic E-state index is 0.209. The summed E-state index contributed by atoms with van der Waals surface area (Å²) in [6, 6.07) is 1.90. The van der Waals surface area contributed by atoms with E-state index >= 15 is 0 Å². The predicted octanol–water partition coefficient (Wildman–Crippen LogP) is 0.863. The van der Waals surface area contributed by atoms with E-state index in [0.29, 0.717) is 19.0 Å². The van der Waals surface area contributed by atoms with Crippen molar-refractivity contribution in [2.75, 3.05) is 18.9 Å². The zero-order valence-electron chi connectivity index (χ0n) is 8.43. The van der Waals surface area contributed by atoms with E-state index in [-0.39, 0.29) is 12.1 Å². The van der Waals surface area contributed by atoms with E-state index in [9.17, 15) is 0 Å². The molecular formula is C9H15N3O2. The van der Waals surface area contributed by atoms with Gasteiger partial charge in [0.15, 0.2) is 0 Å². The number of aromatic nitrogens is 2. The highest BCUT2D eigenvalue weighted by molar-refractivity contribution is 5.26. The number of hydrogen-bond donors (Lipinski definition) is 1. The Morgan fingerprint density at radius 2 is 2.21 bits per heavy atom. The van der Waals surface area contributed by atoms with Crippen LogP contribution < -0.4 is 10.5 Å². The fourth-order valence-electron chi connectivity index (χ4n) is 0.840. The second-order valence-electron chi connectivity index (χ2n) is 3.03. The number of rotatable bonds is 5. The van der Waals surface area contributed by atoms with Gasteiger partial charge in [-0.3, -0.25) is 0 Å².